The number of fused-ring (bicyclic) bond motifs is 1. The highest BCUT2D eigenvalue weighted by Gasteiger charge is 2.39. The molecular formula is C14H15NO. The van der Waals surface area contributed by atoms with Crippen molar-refractivity contribution in [2.24, 2.45) is 0 Å². The Morgan fingerprint density at radius 2 is 2.12 bits per heavy atom. The maximum atomic E-state index is 12.3. The molecule has 1 aliphatic rings. The lowest BCUT2D eigenvalue weighted by atomic mass is 9.72. The Labute approximate surface area is 95.7 Å². The van der Waals surface area contributed by atoms with Crippen molar-refractivity contribution in [2.75, 3.05) is 0 Å². The number of rotatable bonds is 1. The molecule has 1 heterocycles. The number of hydrogen-bond acceptors (Lipinski definition) is 2. The number of Topliss-reactive ketones (excluding diaryl/α,β-unsaturated/α-hetero) is 1. The minimum Gasteiger partial charge on any atom is -0.293 e. The Kier molecular flexibility index (Phi) is 2.30. The number of aromatic nitrogens is 1. The molecule has 0 saturated heterocycles. The quantitative estimate of drug-likeness (QED) is 0.718. The van der Waals surface area contributed by atoms with Crippen LogP contribution < -0.4 is 0 Å². The second-order valence-electron chi connectivity index (χ2n) is 4.60. The molecule has 0 saturated carbocycles. The molecule has 0 radical (unpaired) electrons. The van der Waals surface area contributed by atoms with E-state index in [1.807, 2.05) is 32.9 Å². The van der Waals surface area contributed by atoms with E-state index in [1.165, 1.54) is 0 Å². The van der Waals surface area contributed by atoms with Gasteiger partial charge in [-0.05, 0) is 32.4 Å². The lowest BCUT2D eigenvalue weighted by molar-refractivity contribution is -0.119. The van der Waals surface area contributed by atoms with E-state index in [-0.39, 0.29) is 5.78 Å². The maximum absolute atomic E-state index is 12.3. The molecule has 82 valence electrons. The smallest absolute Gasteiger partial charge is 0.174 e. The number of pyridine rings is 1. The monoisotopic (exact) mass is 213 g/mol. The van der Waals surface area contributed by atoms with Crippen LogP contribution in [0, 0.1) is 0 Å². The number of ketones is 1. The van der Waals surface area contributed by atoms with Crippen LogP contribution in [0.2, 0.25) is 0 Å². The SMILES string of the molecule is C=CC1=C(C)c2cccnc2C(C)(C)C1=O. The average molecular weight is 213 g/mol. The molecule has 0 aliphatic heterocycles. The summed E-state index contributed by atoms with van der Waals surface area (Å²) in [6.45, 7) is 9.50. The van der Waals surface area contributed by atoms with Crippen LogP contribution in [-0.4, -0.2) is 10.8 Å². The Bertz CT molecular complexity index is 509. The van der Waals surface area contributed by atoms with Crippen molar-refractivity contribution < 1.29 is 4.79 Å². The summed E-state index contributed by atoms with van der Waals surface area (Å²) >= 11 is 0. The molecule has 0 amide bonds. The summed E-state index contributed by atoms with van der Waals surface area (Å²) in [5.74, 6) is 0.103. The van der Waals surface area contributed by atoms with E-state index < -0.39 is 5.41 Å². The predicted molar refractivity (Wildman–Crippen MR) is 65.1 cm³/mol. The molecule has 0 atom stereocenters. The highest BCUT2D eigenvalue weighted by atomic mass is 16.1. The molecule has 0 fully saturated rings. The van der Waals surface area contributed by atoms with Gasteiger partial charge in [0.25, 0.3) is 0 Å². The Balaban J connectivity index is 2.82. The fraction of sp³-hybridized carbons (Fsp3) is 0.286. The van der Waals surface area contributed by atoms with Gasteiger partial charge >= 0.3 is 0 Å². The second-order valence-corrected chi connectivity index (χ2v) is 4.60. The van der Waals surface area contributed by atoms with Crippen LogP contribution >= 0.6 is 0 Å². The third kappa shape index (κ3) is 1.26. The summed E-state index contributed by atoms with van der Waals surface area (Å²) in [6.07, 6.45) is 3.38. The first kappa shape index (κ1) is 10.8. The van der Waals surface area contributed by atoms with Gasteiger partial charge in [-0.2, -0.15) is 0 Å². The Hall–Kier alpha value is -1.70. The molecule has 2 rings (SSSR count). The summed E-state index contributed by atoms with van der Waals surface area (Å²) in [6, 6.07) is 3.91. The van der Waals surface area contributed by atoms with Crippen LogP contribution in [0.3, 0.4) is 0 Å². The number of hydrogen-bond donors (Lipinski definition) is 0. The number of carbonyl (C=O) groups excluding carboxylic acids is 1. The molecule has 0 aromatic carbocycles. The fourth-order valence-electron chi connectivity index (χ4n) is 2.21. The Morgan fingerprint density at radius 1 is 1.44 bits per heavy atom. The number of carbonyl (C=O) groups is 1. The van der Waals surface area contributed by atoms with Crippen LogP contribution in [-0.2, 0) is 10.2 Å². The second kappa shape index (κ2) is 3.41. The van der Waals surface area contributed by atoms with Crippen LogP contribution in [0.4, 0.5) is 0 Å². The molecule has 16 heavy (non-hydrogen) atoms. The maximum Gasteiger partial charge on any atom is 0.174 e. The van der Waals surface area contributed by atoms with Gasteiger partial charge in [-0.25, -0.2) is 0 Å². The number of allylic oxidation sites excluding steroid dienone is 3. The summed E-state index contributed by atoms with van der Waals surface area (Å²) in [4.78, 5) is 16.6. The van der Waals surface area contributed by atoms with Gasteiger partial charge in [0, 0.05) is 17.3 Å². The van der Waals surface area contributed by atoms with Crippen molar-refractivity contribution in [1.82, 2.24) is 4.98 Å². The average Bonchev–Trinajstić information content (AvgIpc) is 2.28. The van der Waals surface area contributed by atoms with E-state index in [2.05, 4.69) is 11.6 Å². The lowest BCUT2D eigenvalue weighted by Gasteiger charge is -2.31. The minimum absolute atomic E-state index is 0.103. The lowest BCUT2D eigenvalue weighted by Crippen LogP contribution is -2.35. The van der Waals surface area contributed by atoms with Gasteiger partial charge in [-0.3, -0.25) is 9.78 Å². The van der Waals surface area contributed by atoms with Gasteiger partial charge in [-0.15, -0.1) is 0 Å². The minimum atomic E-state index is -0.556. The molecule has 0 bridgehead atoms. The molecule has 1 aromatic rings. The van der Waals surface area contributed by atoms with Crippen LogP contribution in [0.1, 0.15) is 32.0 Å². The van der Waals surface area contributed by atoms with Crippen LogP contribution in [0.5, 0.6) is 0 Å². The highest BCUT2D eigenvalue weighted by molar-refractivity contribution is 6.13. The number of nitrogens with zero attached hydrogens (tertiary/aromatic N) is 1. The zero-order valence-electron chi connectivity index (χ0n) is 9.87. The molecule has 0 unspecified atom stereocenters. The van der Waals surface area contributed by atoms with E-state index in [1.54, 1.807) is 12.3 Å². The normalized spacial score (nSPS) is 18.3. The Morgan fingerprint density at radius 3 is 2.75 bits per heavy atom. The first-order valence-electron chi connectivity index (χ1n) is 5.34. The van der Waals surface area contributed by atoms with E-state index in [4.69, 9.17) is 0 Å². The summed E-state index contributed by atoms with van der Waals surface area (Å²) in [5.41, 5.74) is 3.05. The highest BCUT2D eigenvalue weighted by Crippen LogP contribution is 2.38. The van der Waals surface area contributed by atoms with Crippen molar-refractivity contribution in [3.63, 3.8) is 0 Å². The van der Waals surface area contributed by atoms with Crippen LogP contribution in [0.15, 0.2) is 36.6 Å². The van der Waals surface area contributed by atoms with Crippen LogP contribution in [0.25, 0.3) is 5.57 Å². The molecule has 1 aliphatic carbocycles. The van der Waals surface area contributed by atoms with Gasteiger partial charge in [0.2, 0.25) is 0 Å². The van der Waals surface area contributed by atoms with E-state index in [0.717, 1.165) is 16.8 Å². The van der Waals surface area contributed by atoms with E-state index >= 15 is 0 Å². The third-order valence-corrected chi connectivity index (χ3v) is 3.22. The first-order chi connectivity index (χ1) is 7.50. The molecule has 2 nitrogen and oxygen atoms in total. The molecule has 0 N–H and O–H groups in total. The summed E-state index contributed by atoms with van der Waals surface area (Å²) in [5, 5.41) is 0. The standard InChI is InChI=1S/C14H15NO/c1-5-10-9(2)11-7-6-8-15-12(11)14(3,4)13(10)16/h5-8H,1H2,2-4H3. The van der Waals surface area contributed by atoms with Gasteiger partial charge in [0.05, 0.1) is 11.1 Å². The van der Waals surface area contributed by atoms with Gasteiger partial charge in [0.1, 0.15) is 0 Å². The summed E-state index contributed by atoms with van der Waals surface area (Å²) in [7, 11) is 0. The van der Waals surface area contributed by atoms with Crippen molar-refractivity contribution in [3.05, 3.63) is 47.8 Å². The van der Waals surface area contributed by atoms with Crippen molar-refractivity contribution in [1.29, 1.82) is 0 Å². The molecule has 2 heteroatoms. The van der Waals surface area contributed by atoms with E-state index in [0.29, 0.717) is 5.57 Å². The summed E-state index contributed by atoms with van der Waals surface area (Å²) < 4.78 is 0. The zero-order valence-corrected chi connectivity index (χ0v) is 9.87. The zero-order chi connectivity index (χ0) is 11.9. The fourth-order valence-corrected chi connectivity index (χ4v) is 2.21. The largest absolute Gasteiger partial charge is 0.293 e. The first-order valence-corrected chi connectivity index (χ1v) is 5.34. The molecule has 1 aromatic heterocycles. The van der Waals surface area contributed by atoms with Gasteiger partial charge in [0.15, 0.2) is 5.78 Å². The van der Waals surface area contributed by atoms with Crippen molar-refractivity contribution in [2.45, 2.75) is 26.2 Å². The van der Waals surface area contributed by atoms with Gasteiger partial charge in [-0.1, -0.05) is 18.7 Å². The third-order valence-electron chi connectivity index (χ3n) is 3.22. The van der Waals surface area contributed by atoms with E-state index in [9.17, 15) is 4.79 Å². The molecular weight excluding hydrogens is 198 g/mol. The van der Waals surface area contributed by atoms with Crippen molar-refractivity contribution >= 4 is 11.4 Å². The topological polar surface area (TPSA) is 30.0 Å². The predicted octanol–water partition coefficient (Wildman–Crippen LogP) is 2.90. The molecule has 0 spiro atoms. The van der Waals surface area contributed by atoms with Crippen molar-refractivity contribution in [3.8, 4) is 0 Å². The van der Waals surface area contributed by atoms with Gasteiger partial charge < -0.3 is 0 Å².